The van der Waals surface area contributed by atoms with Crippen LogP contribution in [0.4, 0.5) is 5.69 Å². The molecule has 0 saturated heterocycles. The van der Waals surface area contributed by atoms with E-state index in [9.17, 15) is 0 Å². The third-order valence-electron chi connectivity index (χ3n) is 2.56. The van der Waals surface area contributed by atoms with Crippen molar-refractivity contribution in [3.63, 3.8) is 0 Å². The van der Waals surface area contributed by atoms with Crippen molar-refractivity contribution in [1.29, 1.82) is 0 Å². The fourth-order valence-corrected chi connectivity index (χ4v) is 1.93. The Morgan fingerprint density at radius 2 is 1.94 bits per heavy atom. The van der Waals surface area contributed by atoms with Gasteiger partial charge in [-0.2, -0.15) is 0 Å². The Bertz CT molecular complexity index is 647. The van der Waals surface area contributed by atoms with E-state index in [0.29, 0.717) is 5.02 Å². The first-order chi connectivity index (χ1) is 8.33. The Hall–Kier alpha value is -2.00. The van der Waals surface area contributed by atoms with Crippen LogP contribution < -0.4 is 5.43 Å². The fourth-order valence-electron chi connectivity index (χ4n) is 1.77. The van der Waals surface area contributed by atoms with Gasteiger partial charge >= 0.3 is 0 Å². The van der Waals surface area contributed by atoms with Gasteiger partial charge in [0, 0.05) is 29.0 Å². The maximum atomic E-state index is 5.95. The molecule has 4 heteroatoms. The summed E-state index contributed by atoms with van der Waals surface area (Å²) in [5.41, 5.74) is 5.17. The molecule has 1 N–H and O–H groups in total. The molecule has 0 aliphatic heterocycles. The molecular weight excluding hydrogens is 234 g/mol. The number of nitrogens with zero attached hydrogens (tertiary/aromatic N) is 2. The monoisotopic (exact) mass is 243 g/mol. The van der Waals surface area contributed by atoms with Gasteiger partial charge in [-0.05, 0) is 36.4 Å². The molecule has 0 amide bonds. The largest absolute Gasteiger partial charge is 0.294 e. The lowest BCUT2D eigenvalue weighted by Crippen LogP contribution is -2.06. The number of halogens is 1. The molecular formula is C13H10ClN3. The van der Waals surface area contributed by atoms with Gasteiger partial charge in [0.1, 0.15) is 0 Å². The number of pyridine rings is 1. The number of fused-ring (bicyclic) bond motifs is 1. The Morgan fingerprint density at radius 3 is 2.76 bits per heavy atom. The molecule has 0 spiro atoms. The third kappa shape index (κ3) is 1.97. The summed E-state index contributed by atoms with van der Waals surface area (Å²) in [6.07, 6.45) is 5.66. The highest BCUT2D eigenvalue weighted by atomic mass is 35.5. The molecule has 1 aromatic carbocycles. The van der Waals surface area contributed by atoms with Crippen LogP contribution in [-0.4, -0.2) is 9.66 Å². The van der Waals surface area contributed by atoms with Crippen molar-refractivity contribution in [2.24, 2.45) is 0 Å². The van der Waals surface area contributed by atoms with Crippen molar-refractivity contribution in [2.45, 2.75) is 0 Å². The number of anilines is 1. The summed E-state index contributed by atoms with van der Waals surface area (Å²) in [6, 6.07) is 11.6. The van der Waals surface area contributed by atoms with Crippen LogP contribution >= 0.6 is 11.6 Å². The predicted octanol–water partition coefficient (Wildman–Crippen LogP) is 3.56. The molecule has 0 saturated carbocycles. The zero-order chi connectivity index (χ0) is 11.7. The van der Waals surface area contributed by atoms with E-state index in [2.05, 4.69) is 10.4 Å². The lowest BCUT2D eigenvalue weighted by molar-refractivity contribution is 0.973. The Kier molecular flexibility index (Phi) is 2.46. The van der Waals surface area contributed by atoms with Gasteiger partial charge in [0.05, 0.1) is 11.2 Å². The van der Waals surface area contributed by atoms with Gasteiger partial charge in [0.25, 0.3) is 0 Å². The van der Waals surface area contributed by atoms with Gasteiger partial charge in [0.15, 0.2) is 0 Å². The molecule has 84 valence electrons. The van der Waals surface area contributed by atoms with Crippen LogP contribution in [0.5, 0.6) is 0 Å². The molecule has 0 bridgehead atoms. The quantitative estimate of drug-likeness (QED) is 0.746. The minimum absolute atomic E-state index is 0.697. The number of rotatable bonds is 2. The average molecular weight is 244 g/mol. The highest BCUT2D eigenvalue weighted by Crippen LogP contribution is 2.24. The third-order valence-corrected chi connectivity index (χ3v) is 2.79. The highest BCUT2D eigenvalue weighted by Gasteiger charge is 2.02. The first-order valence-electron chi connectivity index (χ1n) is 5.27. The molecule has 17 heavy (non-hydrogen) atoms. The SMILES string of the molecule is Clc1ccc2c(Nn3cccc3)ccnc2c1. The molecule has 0 unspecified atom stereocenters. The summed E-state index contributed by atoms with van der Waals surface area (Å²) in [5, 5.41) is 1.74. The van der Waals surface area contributed by atoms with Crippen LogP contribution in [0.1, 0.15) is 0 Å². The van der Waals surface area contributed by atoms with Gasteiger partial charge < -0.3 is 0 Å². The summed E-state index contributed by atoms with van der Waals surface area (Å²) in [6.45, 7) is 0. The summed E-state index contributed by atoms with van der Waals surface area (Å²) in [5.74, 6) is 0. The van der Waals surface area contributed by atoms with Gasteiger partial charge in [-0.1, -0.05) is 11.6 Å². The van der Waals surface area contributed by atoms with E-state index in [1.165, 1.54) is 0 Å². The molecule has 0 fully saturated rings. The first kappa shape index (κ1) is 10.2. The zero-order valence-corrected chi connectivity index (χ0v) is 9.72. The molecule has 0 aliphatic carbocycles. The number of aromatic nitrogens is 2. The maximum Gasteiger partial charge on any atom is 0.0738 e. The van der Waals surface area contributed by atoms with E-state index in [-0.39, 0.29) is 0 Å². The zero-order valence-electron chi connectivity index (χ0n) is 8.97. The van der Waals surface area contributed by atoms with E-state index >= 15 is 0 Å². The lowest BCUT2D eigenvalue weighted by Gasteiger charge is -2.10. The van der Waals surface area contributed by atoms with Gasteiger partial charge in [-0.15, -0.1) is 0 Å². The van der Waals surface area contributed by atoms with Crippen LogP contribution in [0.15, 0.2) is 55.0 Å². The van der Waals surface area contributed by atoms with Crippen molar-refractivity contribution >= 4 is 28.2 Å². The van der Waals surface area contributed by atoms with Crippen LogP contribution in [0, 0.1) is 0 Å². The Labute approximate surface area is 104 Å². The smallest absolute Gasteiger partial charge is 0.0738 e. The van der Waals surface area contributed by atoms with Crippen molar-refractivity contribution < 1.29 is 0 Å². The van der Waals surface area contributed by atoms with Crippen molar-refractivity contribution in [2.75, 3.05) is 5.43 Å². The summed E-state index contributed by atoms with van der Waals surface area (Å²) in [7, 11) is 0. The van der Waals surface area contributed by atoms with Crippen LogP contribution in [0.2, 0.25) is 5.02 Å². The van der Waals surface area contributed by atoms with E-state index < -0.39 is 0 Å². The Balaban J connectivity index is 2.10. The van der Waals surface area contributed by atoms with E-state index in [0.717, 1.165) is 16.6 Å². The van der Waals surface area contributed by atoms with Crippen LogP contribution in [0.25, 0.3) is 10.9 Å². The molecule has 0 atom stereocenters. The number of benzene rings is 1. The summed E-state index contributed by atoms with van der Waals surface area (Å²) in [4.78, 5) is 4.30. The molecule has 2 heterocycles. The number of hydrogen-bond acceptors (Lipinski definition) is 2. The van der Waals surface area contributed by atoms with Gasteiger partial charge in [0.2, 0.25) is 0 Å². The minimum Gasteiger partial charge on any atom is -0.294 e. The average Bonchev–Trinajstić information content (AvgIpc) is 2.82. The topological polar surface area (TPSA) is 29.9 Å². The Morgan fingerprint density at radius 1 is 1.12 bits per heavy atom. The van der Waals surface area contributed by atoms with E-state index in [1.54, 1.807) is 6.20 Å². The fraction of sp³-hybridized carbons (Fsp3) is 0. The lowest BCUT2D eigenvalue weighted by atomic mass is 10.2. The van der Waals surface area contributed by atoms with Crippen LogP contribution in [0.3, 0.4) is 0 Å². The predicted molar refractivity (Wildman–Crippen MR) is 70.2 cm³/mol. The summed E-state index contributed by atoms with van der Waals surface area (Å²) < 4.78 is 1.89. The number of hydrogen-bond donors (Lipinski definition) is 1. The van der Waals surface area contributed by atoms with E-state index in [1.807, 2.05) is 53.5 Å². The molecule has 2 aromatic heterocycles. The van der Waals surface area contributed by atoms with Crippen molar-refractivity contribution in [3.8, 4) is 0 Å². The molecule has 0 radical (unpaired) electrons. The standard InChI is InChI=1S/C13H10ClN3/c14-10-3-4-11-12(5-6-15-13(11)9-10)16-17-7-1-2-8-17/h1-9H,(H,15,16). The molecule has 3 aromatic rings. The van der Waals surface area contributed by atoms with Crippen LogP contribution in [-0.2, 0) is 0 Å². The summed E-state index contributed by atoms with van der Waals surface area (Å²) >= 11 is 5.95. The maximum absolute atomic E-state index is 5.95. The number of nitrogens with one attached hydrogen (secondary N) is 1. The second-order valence-corrected chi connectivity index (χ2v) is 4.16. The van der Waals surface area contributed by atoms with Gasteiger partial charge in [-0.3, -0.25) is 15.1 Å². The molecule has 3 nitrogen and oxygen atoms in total. The second kappa shape index (κ2) is 4.11. The second-order valence-electron chi connectivity index (χ2n) is 3.72. The van der Waals surface area contributed by atoms with Crippen molar-refractivity contribution in [3.05, 3.63) is 60.0 Å². The highest BCUT2D eigenvalue weighted by molar-refractivity contribution is 6.31. The van der Waals surface area contributed by atoms with E-state index in [4.69, 9.17) is 11.6 Å². The van der Waals surface area contributed by atoms with Gasteiger partial charge in [-0.25, -0.2) is 0 Å². The normalized spacial score (nSPS) is 10.6. The minimum atomic E-state index is 0.697. The molecule has 0 aliphatic rings. The molecule has 3 rings (SSSR count). The first-order valence-corrected chi connectivity index (χ1v) is 5.65. The van der Waals surface area contributed by atoms with Crippen molar-refractivity contribution in [1.82, 2.24) is 9.66 Å².